The van der Waals surface area contributed by atoms with Crippen LogP contribution in [0, 0.1) is 27.7 Å². The fourth-order valence-corrected chi connectivity index (χ4v) is 3.58. The molecule has 0 unspecified atom stereocenters. The maximum absolute atomic E-state index is 12.7. The Morgan fingerprint density at radius 2 is 1.83 bits per heavy atom. The molecule has 1 N–H and O–H groups in total. The van der Waals surface area contributed by atoms with Gasteiger partial charge >= 0.3 is 0 Å². The third-order valence-electron chi connectivity index (χ3n) is 5.13. The molecular weight excluding hydrogens is 421 g/mol. The third-order valence-corrected chi connectivity index (χ3v) is 5.71. The Hall–Kier alpha value is -2.50. The third kappa shape index (κ3) is 4.97. The first kappa shape index (κ1) is 22.2. The Labute approximate surface area is 187 Å². The molecule has 1 aromatic heterocycles. The molecule has 0 saturated carbocycles. The number of ether oxygens (including phenoxy) is 1. The zero-order valence-electron chi connectivity index (χ0n) is 17.7. The summed E-state index contributed by atoms with van der Waals surface area (Å²) in [7, 11) is 0. The largest absolute Gasteiger partial charge is 0.481 e. The lowest BCUT2D eigenvalue weighted by Crippen LogP contribution is -2.30. The molecular formula is C23H25Cl2N3O2. The summed E-state index contributed by atoms with van der Waals surface area (Å²) in [5.41, 5.74) is 5.44. The molecule has 5 nitrogen and oxygen atoms in total. The molecule has 158 valence electrons. The van der Waals surface area contributed by atoms with Crippen molar-refractivity contribution >= 4 is 34.8 Å². The number of aromatic nitrogens is 2. The smallest absolute Gasteiger partial charge is 0.265 e. The standard InChI is InChI=1S/C23H25Cl2N3O2/c1-13-6-9-20(10-14(13)2)30-17(5)23(29)26-22-15(3)27-28(16(22)4)12-18-7-8-19(24)11-21(18)25/h6-11,17H,12H2,1-5H3,(H,26,29)/t17-/m0/s1. The van der Waals surface area contributed by atoms with Crippen molar-refractivity contribution in [2.24, 2.45) is 0 Å². The molecule has 0 aliphatic heterocycles. The predicted octanol–water partition coefficient (Wildman–Crippen LogP) is 5.88. The molecule has 0 aliphatic carbocycles. The summed E-state index contributed by atoms with van der Waals surface area (Å²) in [5, 5.41) is 8.67. The van der Waals surface area contributed by atoms with Crippen molar-refractivity contribution in [3.63, 3.8) is 0 Å². The molecule has 2 aromatic carbocycles. The summed E-state index contributed by atoms with van der Waals surface area (Å²) >= 11 is 12.3. The molecule has 7 heteroatoms. The highest BCUT2D eigenvalue weighted by atomic mass is 35.5. The summed E-state index contributed by atoms with van der Waals surface area (Å²) in [5.74, 6) is 0.436. The van der Waals surface area contributed by atoms with Crippen LogP contribution in [0.4, 0.5) is 5.69 Å². The van der Waals surface area contributed by atoms with Gasteiger partial charge in [-0.1, -0.05) is 35.3 Å². The van der Waals surface area contributed by atoms with E-state index in [2.05, 4.69) is 10.4 Å². The maximum atomic E-state index is 12.7. The first-order valence-corrected chi connectivity index (χ1v) is 10.4. The van der Waals surface area contributed by atoms with E-state index in [1.54, 1.807) is 19.1 Å². The average molecular weight is 446 g/mol. The van der Waals surface area contributed by atoms with Crippen LogP contribution in [0.2, 0.25) is 10.0 Å². The topological polar surface area (TPSA) is 56.1 Å². The fraction of sp³-hybridized carbons (Fsp3) is 0.304. The van der Waals surface area contributed by atoms with Crippen LogP contribution in [-0.2, 0) is 11.3 Å². The van der Waals surface area contributed by atoms with Gasteiger partial charge in [-0.3, -0.25) is 9.48 Å². The summed E-state index contributed by atoms with van der Waals surface area (Å²) in [6, 6.07) is 11.2. The second kappa shape index (κ2) is 9.11. The number of carbonyl (C=O) groups excluding carboxylic acids is 1. The number of hydrogen-bond donors (Lipinski definition) is 1. The summed E-state index contributed by atoms with van der Waals surface area (Å²) in [4.78, 5) is 12.7. The van der Waals surface area contributed by atoms with Crippen LogP contribution in [0.25, 0.3) is 0 Å². The van der Waals surface area contributed by atoms with E-state index in [9.17, 15) is 4.79 Å². The first-order valence-electron chi connectivity index (χ1n) is 9.68. The van der Waals surface area contributed by atoms with Crippen LogP contribution >= 0.6 is 23.2 Å². The predicted molar refractivity (Wildman–Crippen MR) is 122 cm³/mol. The molecule has 1 heterocycles. The van der Waals surface area contributed by atoms with Crippen molar-refractivity contribution in [3.05, 3.63) is 74.5 Å². The Kier molecular flexibility index (Phi) is 6.74. The fourth-order valence-electron chi connectivity index (χ4n) is 3.11. The van der Waals surface area contributed by atoms with Gasteiger partial charge < -0.3 is 10.1 Å². The van der Waals surface area contributed by atoms with Gasteiger partial charge in [0.1, 0.15) is 5.75 Å². The van der Waals surface area contributed by atoms with Gasteiger partial charge in [0.15, 0.2) is 6.10 Å². The van der Waals surface area contributed by atoms with Crippen LogP contribution in [0.3, 0.4) is 0 Å². The van der Waals surface area contributed by atoms with Gasteiger partial charge in [0.25, 0.3) is 5.91 Å². The number of nitrogens with zero attached hydrogens (tertiary/aromatic N) is 2. The highest BCUT2D eigenvalue weighted by molar-refractivity contribution is 6.35. The number of amides is 1. The molecule has 3 rings (SSSR count). The van der Waals surface area contributed by atoms with Crippen molar-refractivity contribution in [1.82, 2.24) is 9.78 Å². The van der Waals surface area contributed by atoms with E-state index in [1.165, 1.54) is 5.56 Å². The highest BCUT2D eigenvalue weighted by Crippen LogP contribution is 2.25. The van der Waals surface area contributed by atoms with Crippen molar-refractivity contribution in [2.45, 2.75) is 47.3 Å². The van der Waals surface area contributed by atoms with Crippen LogP contribution in [0.1, 0.15) is 35.0 Å². The number of nitrogens with one attached hydrogen (secondary N) is 1. The molecule has 0 aliphatic rings. The van der Waals surface area contributed by atoms with Gasteiger partial charge in [-0.25, -0.2) is 0 Å². The summed E-state index contributed by atoms with van der Waals surface area (Å²) in [6.45, 7) is 10.0. The second-order valence-electron chi connectivity index (χ2n) is 7.43. The van der Waals surface area contributed by atoms with E-state index in [4.69, 9.17) is 27.9 Å². The zero-order valence-corrected chi connectivity index (χ0v) is 19.2. The SMILES string of the molecule is Cc1ccc(O[C@@H](C)C(=O)Nc2c(C)nn(Cc3ccc(Cl)cc3Cl)c2C)cc1C. The van der Waals surface area contributed by atoms with Gasteiger partial charge in [-0.2, -0.15) is 5.10 Å². The molecule has 0 radical (unpaired) electrons. The zero-order chi connectivity index (χ0) is 22.0. The molecule has 0 spiro atoms. The van der Waals surface area contributed by atoms with E-state index >= 15 is 0 Å². The van der Waals surface area contributed by atoms with E-state index in [-0.39, 0.29) is 5.91 Å². The van der Waals surface area contributed by atoms with Gasteiger partial charge in [0.2, 0.25) is 0 Å². The number of benzene rings is 2. The Balaban J connectivity index is 1.72. The molecule has 1 amide bonds. The van der Waals surface area contributed by atoms with Crippen molar-refractivity contribution in [3.8, 4) is 5.75 Å². The lowest BCUT2D eigenvalue weighted by molar-refractivity contribution is -0.122. The van der Waals surface area contributed by atoms with Crippen LogP contribution < -0.4 is 10.1 Å². The van der Waals surface area contributed by atoms with Gasteiger partial charge in [0.05, 0.1) is 23.6 Å². The lowest BCUT2D eigenvalue weighted by Gasteiger charge is -2.16. The van der Waals surface area contributed by atoms with E-state index < -0.39 is 6.10 Å². The minimum Gasteiger partial charge on any atom is -0.481 e. The number of rotatable bonds is 6. The van der Waals surface area contributed by atoms with Gasteiger partial charge in [-0.05, 0) is 75.6 Å². The quantitative estimate of drug-likeness (QED) is 0.515. The lowest BCUT2D eigenvalue weighted by atomic mass is 10.1. The van der Waals surface area contributed by atoms with Crippen LogP contribution in [-0.4, -0.2) is 21.8 Å². The van der Waals surface area contributed by atoms with Crippen LogP contribution in [0.5, 0.6) is 5.75 Å². The highest BCUT2D eigenvalue weighted by Gasteiger charge is 2.20. The first-order chi connectivity index (χ1) is 14.2. The average Bonchev–Trinajstić information content (AvgIpc) is 2.94. The molecule has 1 atom stereocenters. The number of hydrogen-bond acceptors (Lipinski definition) is 3. The maximum Gasteiger partial charge on any atom is 0.265 e. The van der Waals surface area contributed by atoms with Gasteiger partial charge in [0, 0.05) is 10.0 Å². The van der Waals surface area contributed by atoms with Crippen molar-refractivity contribution in [2.75, 3.05) is 5.32 Å². The summed E-state index contributed by atoms with van der Waals surface area (Å²) in [6.07, 6.45) is -0.653. The Morgan fingerprint density at radius 3 is 2.50 bits per heavy atom. The molecule has 0 saturated heterocycles. The van der Waals surface area contributed by atoms with E-state index in [1.807, 2.05) is 56.6 Å². The van der Waals surface area contributed by atoms with Crippen LogP contribution in [0.15, 0.2) is 36.4 Å². The summed E-state index contributed by atoms with van der Waals surface area (Å²) < 4.78 is 7.64. The number of halogens is 2. The normalized spacial score (nSPS) is 12.0. The Bertz CT molecular complexity index is 1090. The monoisotopic (exact) mass is 445 g/mol. The second-order valence-corrected chi connectivity index (χ2v) is 8.28. The molecule has 0 fully saturated rings. The molecule has 3 aromatic rings. The minimum absolute atomic E-state index is 0.233. The van der Waals surface area contributed by atoms with Crippen molar-refractivity contribution < 1.29 is 9.53 Å². The van der Waals surface area contributed by atoms with E-state index in [0.717, 1.165) is 22.5 Å². The number of aryl methyl sites for hydroxylation is 3. The Morgan fingerprint density at radius 1 is 1.10 bits per heavy atom. The number of anilines is 1. The van der Waals surface area contributed by atoms with E-state index in [0.29, 0.717) is 28.0 Å². The van der Waals surface area contributed by atoms with Crippen molar-refractivity contribution in [1.29, 1.82) is 0 Å². The van der Waals surface area contributed by atoms with Gasteiger partial charge in [-0.15, -0.1) is 0 Å². The minimum atomic E-state index is -0.653. The number of carbonyl (C=O) groups is 1. The molecule has 0 bridgehead atoms. The molecule has 30 heavy (non-hydrogen) atoms.